The van der Waals surface area contributed by atoms with Crippen LogP contribution in [0.15, 0.2) is 48.5 Å². The minimum Gasteiger partial charge on any atom is -0.508 e. The summed E-state index contributed by atoms with van der Waals surface area (Å²) < 4.78 is 5.96. The molecule has 0 aliphatic heterocycles. The van der Waals surface area contributed by atoms with E-state index in [0.29, 0.717) is 12.6 Å². The molecule has 1 atom stereocenters. The second-order valence-electron chi connectivity index (χ2n) is 5.01. The summed E-state index contributed by atoms with van der Waals surface area (Å²) in [6.45, 7) is 5.66. The van der Waals surface area contributed by atoms with Crippen molar-refractivity contribution in [1.82, 2.24) is 5.32 Å². The normalized spacial score (nSPS) is 12.1. The summed E-state index contributed by atoms with van der Waals surface area (Å²) in [5.41, 5.74) is 2.14. The number of ether oxygens (including phenoxy) is 1. The first-order valence-corrected chi connectivity index (χ1v) is 7.47. The van der Waals surface area contributed by atoms with Crippen molar-refractivity contribution >= 4 is 0 Å². The summed E-state index contributed by atoms with van der Waals surface area (Å²) in [6.07, 6.45) is 1.01. The zero-order chi connectivity index (χ0) is 15.1. The van der Waals surface area contributed by atoms with Crippen LogP contribution in [0.2, 0.25) is 0 Å². The molecule has 0 saturated heterocycles. The zero-order valence-electron chi connectivity index (χ0n) is 12.7. The second-order valence-corrected chi connectivity index (χ2v) is 5.01. The third-order valence-electron chi connectivity index (χ3n) is 3.46. The molecule has 21 heavy (non-hydrogen) atoms. The number of rotatable bonds is 7. The minimum atomic E-state index is 0.267. The van der Waals surface area contributed by atoms with Crippen molar-refractivity contribution in [3.8, 4) is 11.5 Å². The van der Waals surface area contributed by atoms with Gasteiger partial charge in [0.25, 0.3) is 0 Å². The van der Waals surface area contributed by atoms with E-state index in [1.165, 1.54) is 5.56 Å². The topological polar surface area (TPSA) is 41.5 Å². The highest BCUT2D eigenvalue weighted by Crippen LogP contribution is 2.28. The Morgan fingerprint density at radius 2 is 1.90 bits per heavy atom. The van der Waals surface area contributed by atoms with Gasteiger partial charge in [0, 0.05) is 11.6 Å². The van der Waals surface area contributed by atoms with E-state index in [1.807, 2.05) is 30.3 Å². The maximum absolute atomic E-state index is 9.50. The lowest BCUT2D eigenvalue weighted by Gasteiger charge is -2.20. The summed E-state index contributed by atoms with van der Waals surface area (Å²) in [5, 5.41) is 13.0. The SMILES string of the molecule is CCNC(CC)c1ccccc1OCc1cccc(O)c1. The summed E-state index contributed by atoms with van der Waals surface area (Å²) in [5.74, 6) is 1.16. The molecule has 0 fully saturated rings. The van der Waals surface area contributed by atoms with Gasteiger partial charge in [0.15, 0.2) is 0 Å². The molecule has 3 heteroatoms. The summed E-state index contributed by atoms with van der Waals surface area (Å²) in [6, 6.07) is 15.6. The van der Waals surface area contributed by atoms with Crippen molar-refractivity contribution < 1.29 is 9.84 Å². The van der Waals surface area contributed by atoms with E-state index in [1.54, 1.807) is 12.1 Å². The van der Waals surface area contributed by atoms with Gasteiger partial charge in [0.05, 0.1) is 0 Å². The fraction of sp³-hybridized carbons (Fsp3) is 0.333. The van der Waals surface area contributed by atoms with Crippen LogP contribution >= 0.6 is 0 Å². The van der Waals surface area contributed by atoms with Crippen LogP contribution in [0.4, 0.5) is 0 Å². The maximum atomic E-state index is 9.50. The Morgan fingerprint density at radius 3 is 2.62 bits per heavy atom. The van der Waals surface area contributed by atoms with Crippen molar-refractivity contribution in [3.63, 3.8) is 0 Å². The Kier molecular flexibility index (Phi) is 5.64. The number of nitrogens with one attached hydrogen (secondary N) is 1. The van der Waals surface area contributed by atoms with Gasteiger partial charge in [-0.25, -0.2) is 0 Å². The number of benzene rings is 2. The van der Waals surface area contributed by atoms with Gasteiger partial charge in [0.2, 0.25) is 0 Å². The van der Waals surface area contributed by atoms with Crippen LogP contribution in [0, 0.1) is 0 Å². The van der Waals surface area contributed by atoms with Crippen molar-refractivity contribution in [2.45, 2.75) is 32.9 Å². The quantitative estimate of drug-likeness (QED) is 0.807. The lowest BCUT2D eigenvalue weighted by Crippen LogP contribution is -2.20. The highest BCUT2D eigenvalue weighted by molar-refractivity contribution is 5.36. The van der Waals surface area contributed by atoms with Crippen molar-refractivity contribution in [1.29, 1.82) is 0 Å². The molecule has 0 spiro atoms. The van der Waals surface area contributed by atoms with Crippen LogP contribution < -0.4 is 10.1 Å². The highest BCUT2D eigenvalue weighted by Gasteiger charge is 2.13. The number of phenols is 1. The van der Waals surface area contributed by atoms with Crippen LogP contribution in [0.3, 0.4) is 0 Å². The molecule has 0 aliphatic carbocycles. The monoisotopic (exact) mass is 285 g/mol. The number of aromatic hydroxyl groups is 1. The standard InChI is InChI=1S/C18H23NO2/c1-3-17(19-4-2)16-10-5-6-11-18(16)21-13-14-8-7-9-15(20)12-14/h5-12,17,19-20H,3-4,13H2,1-2H3. The predicted octanol–water partition coefficient (Wildman–Crippen LogP) is 4.03. The zero-order valence-corrected chi connectivity index (χ0v) is 12.7. The van der Waals surface area contributed by atoms with Crippen LogP contribution in [0.1, 0.15) is 37.4 Å². The molecule has 0 radical (unpaired) electrons. The van der Waals surface area contributed by atoms with Gasteiger partial charge in [-0.15, -0.1) is 0 Å². The van der Waals surface area contributed by atoms with Crippen LogP contribution in [0.25, 0.3) is 0 Å². The Bertz CT molecular complexity index is 569. The number of hydrogen-bond donors (Lipinski definition) is 2. The van der Waals surface area contributed by atoms with E-state index in [2.05, 4.69) is 25.2 Å². The van der Waals surface area contributed by atoms with E-state index in [-0.39, 0.29) is 5.75 Å². The fourth-order valence-electron chi connectivity index (χ4n) is 2.43. The van der Waals surface area contributed by atoms with E-state index in [4.69, 9.17) is 4.74 Å². The molecule has 0 aromatic heterocycles. The first-order chi connectivity index (χ1) is 10.2. The van der Waals surface area contributed by atoms with E-state index in [0.717, 1.165) is 24.3 Å². The average Bonchev–Trinajstić information content (AvgIpc) is 2.51. The lowest BCUT2D eigenvalue weighted by molar-refractivity contribution is 0.298. The molecule has 0 bridgehead atoms. The van der Waals surface area contributed by atoms with Gasteiger partial charge < -0.3 is 15.2 Å². The Labute approximate surface area is 126 Å². The molecule has 0 saturated carbocycles. The molecule has 2 aromatic carbocycles. The molecule has 1 unspecified atom stereocenters. The molecular formula is C18H23NO2. The molecule has 2 rings (SSSR count). The average molecular weight is 285 g/mol. The molecule has 0 amide bonds. The maximum Gasteiger partial charge on any atom is 0.124 e. The first kappa shape index (κ1) is 15.4. The third-order valence-corrected chi connectivity index (χ3v) is 3.46. The summed E-state index contributed by atoms with van der Waals surface area (Å²) >= 11 is 0. The Balaban J connectivity index is 2.12. The van der Waals surface area contributed by atoms with Gasteiger partial charge in [0.1, 0.15) is 18.1 Å². The number of hydrogen-bond acceptors (Lipinski definition) is 3. The van der Waals surface area contributed by atoms with Gasteiger partial charge in [-0.2, -0.15) is 0 Å². The van der Waals surface area contributed by atoms with Gasteiger partial charge in [-0.1, -0.05) is 44.2 Å². The third kappa shape index (κ3) is 4.23. The molecule has 112 valence electrons. The molecule has 3 nitrogen and oxygen atoms in total. The number of phenolic OH excluding ortho intramolecular Hbond substituents is 1. The van der Waals surface area contributed by atoms with Crippen molar-refractivity contribution in [2.75, 3.05) is 6.54 Å². The lowest BCUT2D eigenvalue weighted by atomic mass is 10.0. The van der Waals surface area contributed by atoms with Gasteiger partial charge >= 0.3 is 0 Å². The van der Waals surface area contributed by atoms with Crippen LogP contribution in [-0.2, 0) is 6.61 Å². The molecule has 0 aliphatic rings. The van der Waals surface area contributed by atoms with Crippen LogP contribution in [-0.4, -0.2) is 11.7 Å². The summed E-state index contributed by atoms with van der Waals surface area (Å²) in [4.78, 5) is 0. The van der Waals surface area contributed by atoms with Crippen molar-refractivity contribution in [3.05, 3.63) is 59.7 Å². The van der Waals surface area contributed by atoms with Gasteiger partial charge in [-0.3, -0.25) is 0 Å². The van der Waals surface area contributed by atoms with E-state index >= 15 is 0 Å². The molecular weight excluding hydrogens is 262 g/mol. The Hall–Kier alpha value is -2.00. The molecule has 2 aromatic rings. The van der Waals surface area contributed by atoms with E-state index < -0.39 is 0 Å². The summed E-state index contributed by atoms with van der Waals surface area (Å²) in [7, 11) is 0. The number of para-hydroxylation sites is 1. The molecule has 0 heterocycles. The van der Waals surface area contributed by atoms with Crippen LogP contribution in [0.5, 0.6) is 11.5 Å². The van der Waals surface area contributed by atoms with E-state index in [9.17, 15) is 5.11 Å². The fourth-order valence-corrected chi connectivity index (χ4v) is 2.43. The highest BCUT2D eigenvalue weighted by atomic mass is 16.5. The first-order valence-electron chi connectivity index (χ1n) is 7.47. The minimum absolute atomic E-state index is 0.267. The van der Waals surface area contributed by atoms with Gasteiger partial charge in [-0.05, 0) is 36.7 Å². The smallest absolute Gasteiger partial charge is 0.124 e. The predicted molar refractivity (Wildman–Crippen MR) is 85.6 cm³/mol. The largest absolute Gasteiger partial charge is 0.508 e. The van der Waals surface area contributed by atoms with Crippen molar-refractivity contribution in [2.24, 2.45) is 0 Å². The Morgan fingerprint density at radius 1 is 1.10 bits per heavy atom. The second kappa shape index (κ2) is 7.70. The molecule has 2 N–H and O–H groups in total.